The van der Waals surface area contributed by atoms with E-state index in [1.165, 1.54) is 29.4 Å². The van der Waals surface area contributed by atoms with Crippen molar-refractivity contribution in [3.63, 3.8) is 0 Å². The molecule has 0 unspecified atom stereocenters. The van der Waals surface area contributed by atoms with Crippen molar-refractivity contribution in [1.29, 1.82) is 0 Å². The largest absolute Gasteiger partial charge is 0.348 e. The van der Waals surface area contributed by atoms with Crippen molar-refractivity contribution >= 4 is 50.2 Å². The number of carbonyl (C=O) groups is 1. The molecule has 27 heavy (non-hydrogen) atoms. The number of thiazole rings is 1. The Labute approximate surface area is 162 Å². The van der Waals surface area contributed by atoms with Crippen molar-refractivity contribution in [2.24, 2.45) is 0 Å². The Kier molecular flexibility index (Phi) is 5.17. The lowest BCUT2D eigenvalue weighted by Crippen LogP contribution is -2.16. The molecule has 3 heterocycles. The predicted octanol–water partition coefficient (Wildman–Crippen LogP) is 3.70. The number of halogens is 2. The number of anilines is 2. The molecule has 3 aromatic rings. The molecular weight excluding hydrogens is 392 g/mol. The summed E-state index contributed by atoms with van der Waals surface area (Å²) in [5, 5.41) is 3.94. The normalized spacial score (nSPS) is 14.1. The molecule has 10 heteroatoms. The molecule has 0 spiro atoms. The van der Waals surface area contributed by atoms with E-state index in [2.05, 4.69) is 25.2 Å². The van der Waals surface area contributed by atoms with Gasteiger partial charge < -0.3 is 10.2 Å². The van der Waals surface area contributed by atoms with E-state index in [1.807, 2.05) is 0 Å². The molecule has 1 saturated heterocycles. The van der Waals surface area contributed by atoms with Crippen LogP contribution in [0, 0.1) is 11.6 Å². The molecule has 0 radical (unpaired) electrons. The van der Waals surface area contributed by atoms with Crippen molar-refractivity contribution in [2.45, 2.75) is 17.9 Å². The molecule has 1 aliphatic heterocycles. The van der Waals surface area contributed by atoms with Gasteiger partial charge in [0.15, 0.2) is 10.8 Å². The molecule has 1 aliphatic rings. The molecule has 1 fully saturated rings. The van der Waals surface area contributed by atoms with Gasteiger partial charge >= 0.3 is 0 Å². The minimum atomic E-state index is -0.683. The third-order valence-corrected chi connectivity index (χ3v) is 6.30. The summed E-state index contributed by atoms with van der Waals surface area (Å²) in [5.41, 5.74) is 0.429. The Morgan fingerprint density at radius 3 is 2.89 bits per heavy atom. The number of carbonyl (C=O) groups excluding carboxylic acids is 1. The summed E-state index contributed by atoms with van der Waals surface area (Å²) >= 11 is 2.72. The fourth-order valence-corrected chi connectivity index (χ4v) is 4.72. The highest BCUT2D eigenvalue weighted by atomic mass is 32.2. The molecule has 0 aliphatic carbocycles. The number of hydrogen-bond donors (Lipinski definition) is 1. The highest BCUT2D eigenvalue weighted by Crippen LogP contribution is 2.34. The number of hydrogen-bond acceptors (Lipinski definition) is 7. The zero-order chi connectivity index (χ0) is 18.8. The summed E-state index contributed by atoms with van der Waals surface area (Å²) in [7, 11) is 0. The van der Waals surface area contributed by atoms with Crippen LogP contribution in [0.25, 0.3) is 10.3 Å². The summed E-state index contributed by atoms with van der Waals surface area (Å²) in [6.07, 6.45) is 3.72. The highest BCUT2D eigenvalue weighted by Gasteiger charge is 2.19. The average molecular weight is 407 g/mol. The van der Waals surface area contributed by atoms with Crippen LogP contribution < -0.4 is 10.2 Å². The van der Waals surface area contributed by atoms with Gasteiger partial charge in [0.1, 0.15) is 27.7 Å². The van der Waals surface area contributed by atoms with Crippen LogP contribution in [0.5, 0.6) is 0 Å². The van der Waals surface area contributed by atoms with Crippen molar-refractivity contribution in [3.8, 4) is 0 Å². The molecule has 4 rings (SSSR count). The van der Waals surface area contributed by atoms with Crippen LogP contribution in [-0.4, -0.2) is 39.7 Å². The number of amides is 1. The molecule has 1 aromatic carbocycles. The summed E-state index contributed by atoms with van der Waals surface area (Å²) < 4.78 is 27.7. The van der Waals surface area contributed by atoms with Gasteiger partial charge in [0.2, 0.25) is 5.91 Å². The quantitative estimate of drug-likeness (QED) is 0.514. The van der Waals surface area contributed by atoms with Gasteiger partial charge in [0, 0.05) is 19.2 Å². The topological polar surface area (TPSA) is 71.0 Å². The van der Waals surface area contributed by atoms with Crippen LogP contribution in [0.1, 0.15) is 12.8 Å². The third kappa shape index (κ3) is 4.01. The molecule has 1 amide bonds. The number of aromatic nitrogens is 3. The minimum Gasteiger partial charge on any atom is -0.348 e. The van der Waals surface area contributed by atoms with Gasteiger partial charge in [-0.15, -0.1) is 0 Å². The van der Waals surface area contributed by atoms with Crippen LogP contribution in [0.2, 0.25) is 0 Å². The van der Waals surface area contributed by atoms with E-state index in [0.717, 1.165) is 54.0 Å². The Balaban J connectivity index is 1.46. The van der Waals surface area contributed by atoms with E-state index in [-0.39, 0.29) is 11.4 Å². The van der Waals surface area contributed by atoms with Gasteiger partial charge in [-0.1, -0.05) is 23.1 Å². The van der Waals surface area contributed by atoms with E-state index in [1.54, 1.807) is 0 Å². The number of benzene rings is 1. The Hall–Kier alpha value is -2.33. The van der Waals surface area contributed by atoms with Gasteiger partial charge in [-0.2, -0.15) is 4.98 Å². The first-order valence-corrected chi connectivity index (χ1v) is 10.1. The SMILES string of the molecule is O=C(CSc1ncnc2nc(N3CCCC3)sc12)Nc1cc(F)ccc1F. The standard InChI is InChI=1S/C17H15F2N5OS2/c18-10-3-4-11(19)12(7-10)22-13(25)8-26-16-14-15(20-9-21-16)23-17(27-14)24-5-1-2-6-24/h3-4,7,9H,1-2,5-6,8H2,(H,22,25). The second-order valence-electron chi connectivity index (χ2n) is 5.98. The Bertz CT molecular complexity index is 991. The molecule has 0 atom stereocenters. The molecule has 1 N–H and O–H groups in total. The van der Waals surface area contributed by atoms with Crippen molar-refractivity contribution < 1.29 is 13.6 Å². The first-order valence-electron chi connectivity index (χ1n) is 8.34. The number of nitrogens with one attached hydrogen (secondary N) is 1. The average Bonchev–Trinajstić information content (AvgIpc) is 3.32. The maximum Gasteiger partial charge on any atom is 0.234 e. The van der Waals surface area contributed by atoms with Crippen molar-refractivity contribution in [3.05, 3.63) is 36.2 Å². The maximum absolute atomic E-state index is 13.6. The smallest absolute Gasteiger partial charge is 0.234 e. The first kappa shape index (κ1) is 18.1. The molecule has 2 aromatic heterocycles. The molecule has 0 bridgehead atoms. The van der Waals surface area contributed by atoms with Gasteiger partial charge in [-0.3, -0.25) is 4.79 Å². The molecule has 6 nitrogen and oxygen atoms in total. The highest BCUT2D eigenvalue weighted by molar-refractivity contribution is 8.00. The lowest BCUT2D eigenvalue weighted by atomic mass is 10.3. The van der Waals surface area contributed by atoms with E-state index in [9.17, 15) is 13.6 Å². The van der Waals surface area contributed by atoms with Crippen molar-refractivity contribution in [1.82, 2.24) is 15.0 Å². The zero-order valence-corrected chi connectivity index (χ0v) is 15.7. The summed E-state index contributed by atoms with van der Waals surface area (Å²) in [6, 6.07) is 2.93. The zero-order valence-electron chi connectivity index (χ0n) is 14.1. The second-order valence-corrected chi connectivity index (χ2v) is 7.92. The van der Waals surface area contributed by atoms with Crippen LogP contribution in [0.15, 0.2) is 29.6 Å². The molecular formula is C17H15F2N5OS2. The van der Waals surface area contributed by atoms with E-state index in [0.29, 0.717) is 10.7 Å². The van der Waals surface area contributed by atoms with Crippen LogP contribution in [0.4, 0.5) is 19.6 Å². The molecule has 0 saturated carbocycles. The third-order valence-electron chi connectivity index (χ3n) is 4.07. The summed E-state index contributed by atoms with van der Waals surface area (Å²) in [4.78, 5) is 27.4. The van der Waals surface area contributed by atoms with E-state index < -0.39 is 17.5 Å². The lowest BCUT2D eigenvalue weighted by Gasteiger charge is -2.11. The van der Waals surface area contributed by atoms with Gasteiger partial charge in [0.25, 0.3) is 0 Å². The number of nitrogens with zero attached hydrogens (tertiary/aromatic N) is 4. The van der Waals surface area contributed by atoms with E-state index in [4.69, 9.17) is 0 Å². The number of rotatable bonds is 5. The fraction of sp³-hybridized carbons (Fsp3) is 0.294. The van der Waals surface area contributed by atoms with Crippen molar-refractivity contribution in [2.75, 3.05) is 29.1 Å². The van der Waals surface area contributed by atoms with Crippen LogP contribution >= 0.6 is 23.1 Å². The van der Waals surface area contributed by atoms with Gasteiger partial charge in [-0.25, -0.2) is 18.7 Å². The summed E-state index contributed by atoms with van der Waals surface area (Å²) in [5.74, 6) is -1.73. The first-order chi connectivity index (χ1) is 13.1. The monoisotopic (exact) mass is 407 g/mol. The van der Waals surface area contributed by atoms with Crippen LogP contribution in [0.3, 0.4) is 0 Å². The Morgan fingerprint density at radius 1 is 1.26 bits per heavy atom. The Morgan fingerprint density at radius 2 is 2.07 bits per heavy atom. The number of thioether (sulfide) groups is 1. The second kappa shape index (κ2) is 7.73. The van der Waals surface area contributed by atoms with E-state index >= 15 is 0 Å². The summed E-state index contributed by atoms with van der Waals surface area (Å²) in [6.45, 7) is 1.97. The number of fused-ring (bicyclic) bond motifs is 1. The van der Waals surface area contributed by atoms with Crippen LogP contribution in [-0.2, 0) is 4.79 Å². The van der Waals surface area contributed by atoms with Gasteiger partial charge in [0.05, 0.1) is 11.4 Å². The minimum absolute atomic E-state index is 0.0129. The molecule has 140 valence electrons. The fourth-order valence-electron chi connectivity index (χ4n) is 2.78. The predicted molar refractivity (Wildman–Crippen MR) is 102 cm³/mol. The lowest BCUT2D eigenvalue weighted by molar-refractivity contribution is -0.113. The maximum atomic E-state index is 13.6. The van der Waals surface area contributed by atoms with Gasteiger partial charge in [-0.05, 0) is 25.0 Å².